The van der Waals surface area contributed by atoms with E-state index in [0.29, 0.717) is 36.3 Å². The standard InChI is InChI=1S/C25H17N3O2/c1-2-5-16-9-11-19(18(16)6-3-1)17-10-12-20-23(15-17)30-25(28-20)22-8-4-7-21(27-22)24-26-13-14-29-24/h1-12,15H,13-14H2. The predicted octanol–water partition coefficient (Wildman–Crippen LogP) is 5.44. The zero-order valence-corrected chi connectivity index (χ0v) is 16.1. The number of fused-ring (bicyclic) bond motifs is 2. The van der Waals surface area contributed by atoms with Crippen LogP contribution in [0.25, 0.3) is 44.9 Å². The number of nitrogens with zero attached hydrogens (tertiary/aromatic N) is 3. The van der Waals surface area contributed by atoms with Crippen LogP contribution in [0.5, 0.6) is 0 Å². The molecule has 0 amide bonds. The van der Waals surface area contributed by atoms with Crippen LogP contribution in [0.4, 0.5) is 0 Å². The summed E-state index contributed by atoms with van der Waals surface area (Å²) >= 11 is 0. The minimum atomic E-state index is 0.487. The molecule has 0 radical (unpaired) electrons. The summed E-state index contributed by atoms with van der Waals surface area (Å²) in [7, 11) is 0. The second-order valence-corrected chi connectivity index (χ2v) is 7.17. The molecule has 144 valence electrons. The van der Waals surface area contributed by atoms with E-state index in [4.69, 9.17) is 9.15 Å². The van der Waals surface area contributed by atoms with Crippen molar-refractivity contribution in [3.05, 3.63) is 84.6 Å². The predicted molar refractivity (Wildman–Crippen MR) is 117 cm³/mol. The highest BCUT2D eigenvalue weighted by molar-refractivity contribution is 5.93. The molecule has 0 spiro atoms. The zero-order chi connectivity index (χ0) is 19.9. The molecule has 0 atom stereocenters. The molecule has 1 aromatic carbocycles. The van der Waals surface area contributed by atoms with Crippen LogP contribution in [0.1, 0.15) is 5.69 Å². The van der Waals surface area contributed by atoms with Crippen LogP contribution in [0.3, 0.4) is 0 Å². The molecule has 3 heterocycles. The van der Waals surface area contributed by atoms with E-state index < -0.39 is 0 Å². The third kappa shape index (κ3) is 2.83. The highest BCUT2D eigenvalue weighted by atomic mass is 16.5. The first kappa shape index (κ1) is 16.9. The second-order valence-electron chi connectivity index (χ2n) is 7.17. The summed E-state index contributed by atoms with van der Waals surface area (Å²) in [5.41, 5.74) is 7.60. The molecule has 0 saturated carbocycles. The number of oxazole rings is 1. The van der Waals surface area contributed by atoms with Crippen LogP contribution in [0, 0.1) is 0 Å². The van der Waals surface area contributed by atoms with Crippen LogP contribution < -0.4 is 0 Å². The Kier molecular flexibility index (Phi) is 3.84. The van der Waals surface area contributed by atoms with E-state index >= 15 is 0 Å². The summed E-state index contributed by atoms with van der Waals surface area (Å²) in [5.74, 6) is 1.06. The minimum Gasteiger partial charge on any atom is -0.474 e. The Bertz CT molecular complexity index is 1390. The van der Waals surface area contributed by atoms with Crippen molar-refractivity contribution in [3.8, 4) is 33.8 Å². The fourth-order valence-electron chi connectivity index (χ4n) is 3.83. The molecule has 0 saturated heterocycles. The van der Waals surface area contributed by atoms with Gasteiger partial charge in [-0.2, -0.15) is 0 Å². The molecular formula is C25H17N3O2. The summed E-state index contributed by atoms with van der Waals surface area (Å²) in [6.45, 7) is 1.27. The molecule has 0 bridgehead atoms. The Hall–Kier alpha value is -3.99. The SMILES string of the molecule is c1ccc2ccc(-c3ccc4nc(-c5cccc(C6=NCCO6)n5)oc4c3)c-2cc1. The van der Waals surface area contributed by atoms with Gasteiger partial charge in [0.25, 0.3) is 0 Å². The number of aliphatic imine (C=N–C) groups is 1. The van der Waals surface area contributed by atoms with Gasteiger partial charge in [-0.1, -0.05) is 54.6 Å². The molecule has 1 aliphatic heterocycles. The molecule has 5 heteroatoms. The third-order valence-electron chi connectivity index (χ3n) is 5.26. The van der Waals surface area contributed by atoms with Gasteiger partial charge in [0.2, 0.25) is 11.8 Å². The quantitative estimate of drug-likeness (QED) is 0.411. The first-order chi connectivity index (χ1) is 14.8. The van der Waals surface area contributed by atoms with E-state index in [-0.39, 0.29) is 0 Å². The smallest absolute Gasteiger partial charge is 0.246 e. The number of hydrogen-bond donors (Lipinski definition) is 0. The van der Waals surface area contributed by atoms with Crippen molar-refractivity contribution in [3.63, 3.8) is 0 Å². The monoisotopic (exact) mass is 391 g/mol. The lowest BCUT2D eigenvalue weighted by molar-refractivity contribution is 0.347. The molecule has 0 fully saturated rings. The second kappa shape index (κ2) is 6.81. The summed E-state index contributed by atoms with van der Waals surface area (Å²) < 4.78 is 11.6. The summed E-state index contributed by atoms with van der Waals surface area (Å²) in [6.07, 6.45) is 0. The van der Waals surface area contributed by atoms with E-state index in [1.165, 1.54) is 16.7 Å². The van der Waals surface area contributed by atoms with E-state index in [0.717, 1.165) is 16.7 Å². The minimum absolute atomic E-state index is 0.487. The Labute approximate surface area is 173 Å². The maximum atomic E-state index is 6.09. The molecule has 5 nitrogen and oxygen atoms in total. The molecule has 3 aliphatic rings. The lowest BCUT2D eigenvalue weighted by atomic mass is 10.0. The first-order valence-corrected chi connectivity index (χ1v) is 9.89. The van der Waals surface area contributed by atoms with Crippen molar-refractivity contribution in [1.29, 1.82) is 0 Å². The van der Waals surface area contributed by atoms with Gasteiger partial charge in [0.05, 0.1) is 6.54 Å². The lowest BCUT2D eigenvalue weighted by Gasteiger charge is -2.02. The van der Waals surface area contributed by atoms with Crippen molar-refractivity contribution in [1.82, 2.24) is 9.97 Å². The van der Waals surface area contributed by atoms with E-state index in [1.54, 1.807) is 0 Å². The van der Waals surface area contributed by atoms with Crippen molar-refractivity contribution in [2.75, 3.05) is 13.2 Å². The van der Waals surface area contributed by atoms with Gasteiger partial charge in [-0.05, 0) is 46.5 Å². The summed E-state index contributed by atoms with van der Waals surface area (Å²) in [5, 5.41) is 0. The van der Waals surface area contributed by atoms with Gasteiger partial charge in [-0.15, -0.1) is 0 Å². The first-order valence-electron chi connectivity index (χ1n) is 9.89. The number of ether oxygens (including phenoxy) is 1. The van der Waals surface area contributed by atoms with Crippen molar-refractivity contribution in [2.45, 2.75) is 0 Å². The largest absolute Gasteiger partial charge is 0.474 e. The van der Waals surface area contributed by atoms with Gasteiger partial charge in [-0.3, -0.25) is 0 Å². The van der Waals surface area contributed by atoms with Crippen molar-refractivity contribution in [2.24, 2.45) is 4.99 Å². The molecule has 6 rings (SSSR count). The summed E-state index contributed by atoms with van der Waals surface area (Å²) in [6, 6.07) is 26.5. The van der Waals surface area contributed by atoms with E-state index in [9.17, 15) is 0 Å². The molecular weight excluding hydrogens is 374 g/mol. The average Bonchev–Trinajstić information content (AvgIpc) is 3.51. The maximum Gasteiger partial charge on any atom is 0.246 e. The maximum absolute atomic E-state index is 6.09. The lowest BCUT2D eigenvalue weighted by Crippen LogP contribution is -2.04. The van der Waals surface area contributed by atoms with Crippen LogP contribution in [-0.2, 0) is 4.74 Å². The van der Waals surface area contributed by atoms with E-state index in [1.807, 2.05) is 36.4 Å². The molecule has 30 heavy (non-hydrogen) atoms. The highest BCUT2D eigenvalue weighted by Gasteiger charge is 2.16. The van der Waals surface area contributed by atoms with Gasteiger partial charge in [0, 0.05) is 0 Å². The van der Waals surface area contributed by atoms with Gasteiger partial charge in [-0.25, -0.2) is 15.0 Å². The van der Waals surface area contributed by atoms with E-state index in [2.05, 4.69) is 57.4 Å². The molecule has 0 N–H and O–H groups in total. The fourth-order valence-corrected chi connectivity index (χ4v) is 3.83. The number of hydrogen-bond acceptors (Lipinski definition) is 5. The molecule has 3 aromatic rings. The van der Waals surface area contributed by atoms with Gasteiger partial charge < -0.3 is 9.15 Å². The Morgan fingerprint density at radius 2 is 1.57 bits per heavy atom. The van der Waals surface area contributed by atoms with Gasteiger partial charge in [0.1, 0.15) is 23.5 Å². The van der Waals surface area contributed by atoms with Crippen molar-refractivity contribution >= 4 is 17.0 Å². The fraction of sp³-hybridized carbons (Fsp3) is 0.0800. The number of aromatic nitrogens is 2. The third-order valence-corrected chi connectivity index (χ3v) is 5.26. The normalized spacial score (nSPS) is 13.5. The van der Waals surface area contributed by atoms with Crippen molar-refractivity contribution < 1.29 is 9.15 Å². The van der Waals surface area contributed by atoms with Crippen LogP contribution in [0.15, 0.2) is 88.3 Å². The Morgan fingerprint density at radius 1 is 0.700 bits per heavy atom. The number of rotatable bonds is 3. The highest BCUT2D eigenvalue weighted by Crippen LogP contribution is 2.36. The Morgan fingerprint density at radius 3 is 2.50 bits per heavy atom. The van der Waals surface area contributed by atoms with Crippen LogP contribution in [-0.4, -0.2) is 29.0 Å². The molecule has 2 aromatic heterocycles. The van der Waals surface area contributed by atoms with Gasteiger partial charge in [0.15, 0.2) is 5.58 Å². The van der Waals surface area contributed by atoms with Crippen LogP contribution >= 0.6 is 0 Å². The molecule has 2 aliphatic carbocycles. The molecule has 0 unspecified atom stereocenters. The zero-order valence-electron chi connectivity index (χ0n) is 16.1. The number of benzene rings is 1. The number of pyridine rings is 1. The average molecular weight is 391 g/mol. The van der Waals surface area contributed by atoms with Gasteiger partial charge >= 0.3 is 0 Å². The topological polar surface area (TPSA) is 60.5 Å². The Balaban J connectivity index is 1.41. The summed E-state index contributed by atoms with van der Waals surface area (Å²) in [4.78, 5) is 13.6. The van der Waals surface area contributed by atoms with Crippen LogP contribution in [0.2, 0.25) is 0 Å².